The number of unbranched alkanes of at least 4 members (excludes halogenated alkanes) is 15. The van der Waals surface area contributed by atoms with Gasteiger partial charge in [0.05, 0.1) is 19.5 Å². The molecule has 1 aliphatic rings. The first-order valence-corrected chi connectivity index (χ1v) is 12.6. The van der Waals surface area contributed by atoms with E-state index in [1.165, 1.54) is 89.9 Å². The molecule has 5 heteroatoms. The van der Waals surface area contributed by atoms with Gasteiger partial charge in [-0.05, 0) is 18.9 Å². The van der Waals surface area contributed by atoms with Gasteiger partial charge < -0.3 is 24.8 Å². The highest BCUT2D eigenvalue weighted by molar-refractivity contribution is 4.90. The van der Waals surface area contributed by atoms with Gasteiger partial charge in [0.1, 0.15) is 24.4 Å². The van der Waals surface area contributed by atoms with Crippen molar-refractivity contribution in [2.24, 2.45) is 0 Å². The maximum Gasteiger partial charge on any atom is 0.149 e. The van der Waals surface area contributed by atoms with Gasteiger partial charge in [-0.15, -0.1) is 0 Å². The number of allylic oxidation sites excluding steroid dienone is 1. The zero-order chi connectivity index (χ0) is 21.9. The average molecular weight is 429 g/mol. The van der Waals surface area contributed by atoms with E-state index in [0.717, 1.165) is 12.8 Å². The first-order valence-electron chi connectivity index (χ1n) is 12.6. The van der Waals surface area contributed by atoms with Crippen LogP contribution in [0.1, 0.15) is 110 Å². The van der Waals surface area contributed by atoms with E-state index in [0.29, 0.717) is 0 Å². The third kappa shape index (κ3) is 12.9. The quantitative estimate of drug-likeness (QED) is 0.182. The summed E-state index contributed by atoms with van der Waals surface area (Å²) in [5.41, 5.74) is 0. The van der Waals surface area contributed by atoms with Crippen LogP contribution in [0.5, 0.6) is 0 Å². The number of rotatable bonds is 20. The lowest BCUT2D eigenvalue weighted by atomic mass is 10.0. The van der Waals surface area contributed by atoms with Gasteiger partial charge >= 0.3 is 0 Å². The third-order valence-electron chi connectivity index (χ3n) is 6.06. The van der Waals surface area contributed by atoms with Crippen LogP contribution < -0.4 is 0 Å². The van der Waals surface area contributed by atoms with Gasteiger partial charge in [-0.25, -0.2) is 0 Å². The highest BCUT2D eigenvalue weighted by Gasteiger charge is 2.40. The lowest BCUT2D eigenvalue weighted by molar-refractivity contribution is -0.0689. The largest absolute Gasteiger partial charge is 0.493 e. The maximum absolute atomic E-state index is 10.0. The summed E-state index contributed by atoms with van der Waals surface area (Å²) in [4.78, 5) is 0. The van der Waals surface area contributed by atoms with E-state index in [2.05, 4.69) is 6.92 Å². The van der Waals surface area contributed by atoms with Crippen LogP contribution in [0.2, 0.25) is 0 Å². The summed E-state index contributed by atoms with van der Waals surface area (Å²) in [7, 11) is 0. The lowest BCUT2D eigenvalue weighted by Gasteiger charge is -2.20. The van der Waals surface area contributed by atoms with Gasteiger partial charge in [0.25, 0.3) is 0 Å². The molecule has 1 heterocycles. The Kier molecular flexibility index (Phi) is 17.4. The van der Waals surface area contributed by atoms with Crippen molar-refractivity contribution in [3.8, 4) is 0 Å². The van der Waals surface area contributed by atoms with Crippen molar-refractivity contribution >= 4 is 0 Å². The summed E-state index contributed by atoms with van der Waals surface area (Å²) in [5.74, 6) is 0. The predicted octanol–water partition coefficient (Wildman–Crippen LogP) is 5.26. The van der Waals surface area contributed by atoms with Crippen LogP contribution in [0.3, 0.4) is 0 Å². The second-order valence-electron chi connectivity index (χ2n) is 8.82. The molecule has 0 aromatic rings. The average Bonchev–Trinajstić information content (AvgIpc) is 3.12. The highest BCUT2D eigenvalue weighted by atomic mass is 16.6. The van der Waals surface area contributed by atoms with Crippen LogP contribution in [0.25, 0.3) is 0 Å². The molecule has 0 spiro atoms. The molecule has 1 fully saturated rings. The summed E-state index contributed by atoms with van der Waals surface area (Å²) < 4.78 is 10.8. The number of aliphatic hydroxyl groups excluding tert-OH is 3. The number of hydrogen-bond donors (Lipinski definition) is 3. The number of ether oxygens (including phenoxy) is 2. The molecule has 0 amide bonds. The van der Waals surface area contributed by atoms with Crippen LogP contribution in [0.15, 0.2) is 12.3 Å². The normalized spacial score (nSPS) is 22.7. The lowest BCUT2D eigenvalue weighted by Crippen LogP contribution is -2.40. The van der Waals surface area contributed by atoms with Crippen molar-refractivity contribution in [2.75, 3.05) is 13.2 Å². The van der Waals surface area contributed by atoms with E-state index in [-0.39, 0.29) is 6.61 Å². The molecule has 0 aromatic heterocycles. The van der Waals surface area contributed by atoms with E-state index in [9.17, 15) is 10.2 Å². The predicted molar refractivity (Wildman–Crippen MR) is 122 cm³/mol. The molecule has 3 N–H and O–H groups in total. The van der Waals surface area contributed by atoms with Crippen molar-refractivity contribution in [1.82, 2.24) is 0 Å². The molecule has 0 saturated carbocycles. The molecule has 0 aromatic carbocycles. The minimum absolute atomic E-state index is 0.228. The van der Waals surface area contributed by atoms with Crippen molar-refractivity contribution in [3.63, 3.8) is 0 Å². The van der Waals surface area contributed by atoms with Crippen LogP contribution in [0, 0.1) is 0 Å². The zero-order valence-electron chi connectivity index (χ0n) is 19.4. The van der Waals surface area contributed by atoms with E-state index >= 15 is 0 Å². The monoisotopic (exact) mass is 428 g/mol. The standard InChI is InChI=1S/C25H48O5/c1-2-3-4-5-6-7-8-9-10-11-12-13-14-15-16-17-18-19-29-23-21-30-25(24(23)28)22(27)20-26/h18-19,22-28H,2-17,20-21H2,1H3/b19-18+/t22-,23+,24+,25+/m0/s1. The first-order chi connectivity index (χ1) is 14.7. The minimum atomic E-state index is -1.07. The van der Waals surface area contributed by atoms with Gasteiger partial charge in [-0.1, -0.05) is 96.8 Å². The molecule has 0 bridgehead atoms. The van der Waals surface area contributed by atoms with E-state index in [4.69, 9.17) is 14.6 Å². The smallest absolute Gasteiger partial charge is 0.149 e. The van der Waals surface area contributed by atoms with Crippen LogP contribution in [-0.4, -0.2) is 52.9 Å². The fraction of sp³-hybridized carbons (Fsp3) is 0.920. The molecule has 0 aliphatic carbocycles. The summed E-state index contributed by atoms with van der Waals surface area (Å²) in [5, 5.41) is 28.5. The Morgan fingerprint density at radius 2 is 1.37 bits per heavy atom. The van der Waals surface area contributed by atoms with E-state index in [1.807, 2.05) is 6.08 Å². The van der Waals surface area contributed by atoms with Crippen molar-refractivity contribution < 1.29 is 24.8 Å². The molecular formula is C25H48O5. The Hall–Kier alpha value is -0.620. The van der Waals surface area contributed by atoms with Gasteiger partial charge in [0.2, 0.25) is 0 Å². The zero-order valence-corrected chi connectivity index (χ0v) is 19.4. The fourth-order valence-corrected chi connectivity index (χ4v) is 4.04. The van der Waals surface area contributed by atoms with Crippen LogP contribution in [-0.2, 0) is 9.47 Å². The van der Waals surface area contributed by atoms with Crippen LogP contribution in [0.4, 0.5) is 0 Å². The number of hydrogen-bond acceptors (Lipinski definition) is 5. The molecular weight excluding hydrogens is 380 g/mol. The second kappa shape index (κ2) is 19.1. The molecule has 1 rings (SSSR count). The highest BCUT2D eigenvalue weighted by Crippen LogP contribution is 2.20. The topological polar surface area (TPSA) is 79.2 Å². The molecule has 4 atom stereocenters. The Balaban J connectivity index is 1.82. The molecule has 0 unspecified atom stereocenters. The molecule has 1 aliphatic heterocycles. The SMILES string of the molecule is CCCCCCCCCCCCCCCCC/C=C/O[C@@H]1CO[C@H]([C@@H](O)CO)[C@@H]1O. The first kappa shape index (κ1) is 27.4. The van der Waals surface area contributed by atoms with E-state index < -0.39 is 31.0 Å². The fourth-order valence-electron chi connectivity index (χ4n) is 4.04. The molecule has 0 radical (unpaired) electrons. The molecule has 1 saturated heterocycles. The Labute approximate surface area is 184 Å². The second-order valence-corrected chi connectivity index (χ2v) is 8.82. The molecule has 178 valence electrons. The Morgan fingerprint density at radius 1 is 0.867 bits per heavy atom. The summed E-state index contributed by atoms with van der Waals surface area (Å²) in [6.07, 6.45) is 21.9. The van der Waals surface area contributed by atoms with Crippen molar-refractivity contribution in [1.29, 1.82) is 0 Å². The molecule has 5 nitrogen and oxygen atoms in total. The minimum Gasteiger partial charge on any atom is -0.493 e. The van der Waals surface area contributed by atoms with E-state index in [1.54, 1.807) is 6.26 Å². The Morgan fingerprint density at radius 3 is 1.87 bits per heavy atom. The van der Waals surface area contributed by atoms with Gasteiger partial charge in [0.15, 0.2) is 0 Å². The molecule has 30 heavy (non-hydrogen) atoms. The summed E-state index contributed by atoms with van der Waals surface area (Å²) in [6.45, 7) is 2.08. The van der Waals surface area contributed by atoms with Gasteiger partial charge in [0, 0.05) is 0 Å². The Bertz CT molecular complexity index is 401. The van der Waals surface area contributed by atoms with Gasteiger partial charge in [-0.2, -0.15) is 0 Å². The third-order valence-corrected chi connectivity index (χ3v) is 6.06. The maximum atomic E-state index is 10.0. The van der Waals surface area contributed by atoms with Crippen molar-refractivity contribution in [3.05, 3.63) is 12.3 Å². The van der Waals surface area contributed by atoms with Crippen molar-refractivity contribution in [2.45, 2.75) is 134 Å². The summed E-state index contributed by atoms with van der Waals surface area (Å²) >= 11 is 0. The summed E-state index contributed by atoms with van der Waals surface area (Å²) in [6, 6.07) is 0. The van der Waals surface area contributed by atoms with Gasteiger partial charge in [-0.3, -0.25) is 0 Å². The van der Waals surface area contributed by atoms with Crippen LogP contribution >= 0.6 is 0 Å². The number of aliphatic hydroxyl groups is 3.